The van der Waals surface area contributed by atoms with Crippen LogP contribution in [0, 0.1) is 0 Å². The lowest BCUT2D eigenvalue weighted by Gasteiger charge is -2.23. The van der Waals surface area contributed by atoms with E-state index >= 15 is 0 Å². The third-order valence-electron chi connectivity index (χ3n) is 1.98. The summed E-state index contributed by atoms with van der Waals surface area (Å²) < 4.78 is 50.1. The quantitative estimate of drug-likeness (QED) is 0.693. The van der Waals surface area contributed by atoms with Crippen LogP contribution in [-0.4, -0.2) is 25.2 Å². The van der Waals surface area contributed by atoms with Gasteiger partial charge in [0.1, 0.15) is 6.61 Å². The Bertz CT molecular complexity index is 301. The fourth-order valence-electron chi connectivity index (χ4n) is 1.28. The van der Waals surface area contributed by atoms with Crippen molar-refractivity contribution in [2.24, 2.45) is 0 Å². The second-order valence-electron chi connectivity index (χ2n) is 3.26. The maximum atomic E-state index is 12.5. The van der Waals surface area contributed by atoms with Crippen LogP contribution in [0.2, 0.25) is 0 Å². The molecule has 1 rings (SSSR count). The van der Waals surface area contributed by atoms with Crippen molar-refractivity contribution in [2.75, 3.05) is 13.2 Å². The summed E-state index contributed by atoms with van der Waals surface area (Å²) in [6.07, 6.45) is -2.57. The number of rotatable bonds is 5. The van der Waals surface area contributed by atoms with Gasteiger partial charge in [-0.1, -0.05) is 6.92 Å². The van der Waals surface area contributed by atoms with Gasteiger partial charge in [0.25, 0.3) is 5.79 Å². The van der Waals surface area contributed by atoms with Crippen LogP contribution in [0.5, 0.6) is 0 Å². The van der Waals surface area contributed by atoms with Crippen molar-refractivity contribution in [3.05, 3.63) is 11.9 Å². The van der Waals surface area contributed by atoms with Gasteiger partial charge in [-0.05, 0) is 6.42 Å². The molecule has 1 aliphatic heterocycles. The number of halogens is 3. The van der Waals surface area contributed by atoms with E-state index in [0.29, 0.717) is 6.42 Å². The third kappa shape index (κ3) is 3.13. The normalized spacial score (nSPS) is 23.9. The second-order valence-corrected chi connectivity index (χ2v) is 3.26. The highest BCUT2D eigenvalue weighted by Crippen LogP contribution is 2.28. The minimum Gasteiger partial charge on any atom is -0.427 e. The fourth-order valence-corrected chi connectivity index (χ4v) is 1.28. The van der Waals surface area contributed by atoms with E-state index in [1.54, 1.807) is 6.92 Å². The zero-order valence-corrected chi connectivity index (χ0v) is 8.60. The molecule has 0 aromatic rings. The van der Waals surface area contributed by atoms with Gasteiger partial charge >= 0.3 is 12.2 Å². The molecule has 7 heteroatoms. The van der Waals surface area contributed by atoms with Crippen LogP contribution in [0.15, 0.2) is 11.9 Å². The van der Waals surface area contributed by atoms with Crippen molar-refractivity contribution >= 4 is 6.16 Å². The molecule has 1 heterocycles. The van der Waals surface area contributed by atoms with Gasteiger partial charge < -0.3 is 14.2 Å². The van der Waals surface area contributed by atoms with Crippen molar-refractivity contribution in [3.63, 3.8) is 0 Å². The SMILES string of the molecule is CCCC1(OCC(F)=C(F)F)COC(=O)O1. The molecule has 92 valence electrons. The van der Waals surface area contributed by atoms with Crippen molar-refractivity contribution in [2.45, 2.75) is 25.6 Å². The van der Waals surface area contributed by atoms with Crippen molar-refractivity contribution < 1.29 is 32.2 Å². The molecular formula is C9H11F3O4. The standard InChI is InChI=1S/C9H11F3O4/c1-2-3-9(5-14-8(13)16-9)15-4-6(10)7(11)12/h2-5H2,1H3. The first kappa shape index (κ1) is 12.8. The van der Waals surface area contributed by atoms with E-state index in [1.807, 2.05) is 0 Å². The van der Waals surface area contributed by atoms with Crippen LogP contribution in [-0.2, 0) is 14.2 Å². The lowest BCUT2D eigenvalue weighted by atomic mass is 10.1. The number of hydrogen-bond donors (Lipinski definition) is 0. The number of cyclic esters (lactones) is 2. The molecule has 1 atom stereocenters. The molecule has 0 aromatic carbocycles. The van der Waals surface area contributed by atoms with Crippen molar-refractivity contribution in [1.82, 2.24) is 0 Å². The Morgan fingerprint density at radius 1 is 1.50 bits per heavy atom. The second kappa shape index (κ2) is 5.20. The molecule has 0 radical (unpaired) electrons. The van der Waals surface area contributed by atoms with E-state index in [9.17, 15) is 18.0 Å². The Morgan fingerprint density at radius 2 is 2.19 bits per heavy atom. The highest BCUT2D eigenvalue weighted by atomic mass is 19.3. The monoisotopic (exact) mass is 240 g/mol. The molecule has 0 aromatic heterocycles. The van der Waals surface area contributed by atoms with E-state index in [2.05, 4.69) is 4.74 Å². The minimum absolute atomic E-state index is 0.221. The lowest BCUT2D eigenvalue weighted by Crippen LogP contribution is -2.35. The summed E-state index contributed by atoms with van der Waals surface area (Å²) in [6.45, 7) is 0.610. The van der Waals surface area contributed by atoms with Gasteiger partial charge in [0, 0.05) is 6.42 Å². The van der Waals surface area contributed by atoms with Gasteiger partial charge in [-0.2, -0.15) is 8.78 Å². The molecule has 1 aliphatic rings. The molecular weight excluding hydrogens is 229 g/mol. The van der Waals surface area contributed by atoms with Gasteiger partial charge in [-0.25, -0.2) is 9.18 Å². The largest absolute Gasteiger partial charge is 0.511 e. The smallest absolute Gasteiger partial charge is 0.427 e. The highest BCUT2D eigenvalue weighted by molar-refractivity contribution is 5.62. The van der Waals surface area contributed by atoms with Gasteiger partial charge in [0.2, 0.25) is 0 Å². The van der Waals surface area contributed by atoms with E-state index in [1.165, 1.54) is 0 Å². The summed E-state index contributed by atoms with van der Waals surface area (Å²) >= 11 is 0. The fraction of sp³-hybridized carbons (Fsp3) is 0.667. The van der Waals surface area contributed by atoms with E-state index in [-0.39, 0.29) is 13.0 Å². The lowest BCUT2D eigenvalue weighted by molar-refractivity contribution is -0.180. The maximum Gasteiger partial charge on any atom is 0.511 e. The topological polar surface area (TPSA) is 44.8 Å². The predicted molar refractivity (Wildman–Crippen MR) is 46.4 cm³/mol. The number of carbonyl (C=O) groups is 1. The van der Waals surface area contributed by atoms with E-state index in [4.69, 9.17) is 9.47 Å². The minimum atomic E-state index is -2.45. The molecule has 0 amide bonds. The number of carbonyl (C=O) groups excluding carboxylic acids is 1. The summed E-state index contributed by atoms with van der Waals surface area (Å²) in [7, 11) is 0. The Balaban J connectivity index is 2.59. The molecule has 16 heavy (non-hydrogen) atoms. The molecule has 0 aliphatic carbocycles. The van der Waals surface area contributed by atoms with E-state index < -0.39 is 30.5 Å². The van der Waals surface area contributed by atoms with Crippen LogP contribution >= 0.6 is 0 Å². The molecule has 0 spiro atoms. The van der Waals surface area contributed by atoms with Crippen LogP contribution in [0.3, 0.4) is 0 Å². The van der Waals surface area contributed by atoms with Gasteiger partial charge in [0.05, 0.1) is 0 Å². The first-order valence-corrected chi connectivity index (χ1v) is 4.68. The number of ether oxygens (including phenoxy) is 3. The van der Waals surface area contributed by atoms with Crippen molar-refractivity contribution in [3.8, 4) is 0 Å². The Kier molecular flexibility index (Phi) is 4.17. The first-order chi connectivity index (χ1) is 7.49. The van der Waals surface area contributed by atoms with Crippen LogP contribution in [0.1, 0.15) is 19.8 Å². The molecule has 0 bridgehead atoms. The third-order valence-corrected chi connectivity index (χ3v) is 1.98. The van der Waals surface area contributed by atoms with Crippen LogP contribution in [0.4, 0.5) is 18.0 Å². The van der Waals surface area contributed by atoms with Crippen LogP contribution < -0.4 is 0 Å². The molecule has 0 N–H and O–H groups in total. The Hall–Kier alpha value is -1.24. The highest BCUT2D eigenvalue weighted by Gasteiger charge is 2.43. The number of hydrogen-bond acceptors (Lipinski definition) is 4. The molecule has 1 fully saturated rings. The summed E-state index contributed by atoms with van der Waals surface area (Å²) in [4.78, 5) is 10.7. The van der Waals surface area contributed by atoms with Gasteiger partial charge in [-0.15, -0.1) is 0 Å². The van der Waals surface area contributed by atoms with E-state index in [0.717, 1.165) is 0 Å². The Morgan fingerprint density at radius 3 is 2.62 bits per heavy atom. The van der Waals surface area contributed by atoms with Gasteiger partial charge in [-0.3, -0.25) is 0 Å². The first-order valence-electron chi connectivity index (χ1n) is 4.68. The average molecular weight is 240 g/mol. The van der Waals surface area contributed by atoms with Gasteiger partial charge in [0.15, 0.2) is 12.4 Å². The summed E-state index contributed by atoms with van der Waals surface area (Å²) in [5.41, 5.74) is 0. The molecule has 1 saturated heterocycles. The molecule has 4 nitrogen and oxygen atoms in total. The molecule has 1 unspecified atom stereocenters. The zero-order valence-electron chi connectivity index (χ0n) is 8.60. The summed E-state index contributed by atoms with van der Waals surface area (Å²) in [5.74, 6) is -3.13. The van der Waals surface area contributed by atoms with Crippen molar-refractivity contribution in [1.29, 1.82) is 0 Å². The Labute approximate surface area is 90.0 Å². The molecule has 0 saturated carbocycles. The average Bonchev–Trinajstić information content (AvgIpc) is 2.58. The van der Waals surface area contributed by atoms with Crippen LogP contribution in [0.25, 0.3) is 0 Å². The zero-order chi connectivity index (χ0) is 12.2. The maximum absolute atomic E-state index is 12.5. The summed E-state index contributed by atoms with van der Waals surface area (Å²) in [5, 5.41) is 0. The summed E-state index contributed by atoms with van der Waals surface area (Å²) in [6, 6.07) is 0. The predicted octanol–water partition coefficient (Wildman–Crippen LogP) is 2.74.